The third-order valence-electron chi connectivity index (χ3n) is 4.54. The minimum Gasteiger partial charge on any atom is -0.330 e. The van der Waals surface area contributed by atoms with E-state index in [9.17, 15) is 9.18 Å². The molecule has 7 heteroatoms. The van der Waals surface area contributed by atoms with Gasteiger partial charge in [-0.15, -0.1) is 0 Å². The van der Waals surface area contributed by atoms with Crippen molar-refractivity contribution in [3.05, 3.63) is 63.9 Å². The second-order valence-corrected chi connectivity index (χ2v) is 7.21. The molecule has 2 N–H and O–H groups in total. The van der Waals surface area contributed by atoms with Gasteiger partial charge in [0.05, 0.1) is 35.4 Å². The molecule has 1 atom stereocenters. The van der Waals surface area contributed by atoms with Gasteiger partial charge in [0.2, 0.25) is 0 Å². The molecule has 0 aromatic heterocycles. The number of carbonyl (C=O) groups excluding carboxylic acids is 1. The average Bonchev–Trinajstić information content (AvgIpc) is 2.86. The number of quaternary nitrogens is 1. The Balaban J connectivity index is 1.56. The van der Waals surface area contributed by atoms with E-state index in [1.807, 2.05) is 12.1 Å². The highest BCUT2D eigenvalue weighted by molar-refractivity contribution is 6.43. The number of nitrogens with one attached hydrogen (secondary N) is 2. The summed E-state index contributed by atoms with van der Waals surface area (Å²) in [6, 6.07) is 11.6. The molecule has 1 heterocycles. The van der Waals surface area contributed by atoms with Crippen molar-refractivity contribution in [2.75, 3.05) is 31.5 Å². The maximum atomic E-state index is 13.0. The van der Waals surface area contributed by atoms with Crippen LogP contribution in [0.2, 0.25) is 10.0 Å². The monoisotopic (exact) mass is 396 g/mol. The quantitative estimate of drug-likeness (QED) is 0.818. The molecule has 2 aromatic rings. The number of carbonyl (C=O) groups is 1. The van der Waals surface area contributed by atoms with Crippen molar-refractivity contribution in [3.8, 4) is 0 Å². The zero-order valence-corrected chi connectivity index (χ0v) is 15.8. The standard InChI is InChI=1S/C19H20Cl2FN3O/c20-16-3-1-4-17(18(16)21)23-19(26)25-10-2-9-24(11-12-25)13-14-5-7-15(22)8-6-14/h1,3-8H,2,9-13H2,(H,23,26)/p+1. The van der Waals surface area contributed by atoms with E-state index in [2.05, 4.69) is 5.32 Å². The minimum atomic E-state index is -0.220. The molecule has 1 saturated heterocycles. The first-order chi connectivity index (χ1) is 12.5. The summed E-state index contributed by atoms with van der Waals surface area (Å²) in [4.78, 5) is 15.7. The Bertz CT molecular complexity index is 770. The Morgan fingerprint density at radius 3 is 2.65 bits per heavy atom. The van der Waals surface area contributed by atoms with Crippen molar-refractivity contribution in [1.82, 2.24) is 4.90 Å². The number of urea groups is 1. The summed E-state index contributed by atoms with van der Waals surface area (Å²) in [5.41, 5.74) is 1.62. The molecule has 0 aliphatic carbocycles. The van der Waals surface area contributed by atoms with Gasteiger partial charge in [-0.25, -0.2) is 9.18 Å². The summed E-state index contributed by atoms with van der Waals surface area (Å²) in [6.45, 7) is 3.99. The molecule has 4 nitrogen and oxygen atoms in total. The van der Waals surface area contributed by atoms with Crippen LogP contribution in [0.1, 0.15) is 12.0 Å². The zero-order valence-electron chi connectivity index (χ0n) is 14.3. The number of anilines is 1. The van der Waals surface area contributed by atoms with Gasteiger partial charge in [0.25, 0.3) is 0 Å². The van der Waals surface area contributed by atoms with Crippen LogP contribution in [0.3, 0.4) is 0 Å². The van der Waals surface area contributed by atoms with E-state index in [0.29, 0.717) is 28.8 Å². The van der Waals surface area contributed by atoms with E-state index in [1.165, 1.54) is 17.0 Å². The molecule has 3 rings (SSSR count). The Labute approximate surface area is 162 Å². The Hall–Kier alpha value is -1.82. The molecule has 1 aliphatic heterocycles. The molecular weight excluding hydrogens is 376 g/mol. The molecule has 0 spiro atoms. The van der Waals surface area contributed by atoms with Gasteiger partial charge in [0.15, 0.2) is 0 Å². The Kier molecular flexibility index (Phi) is 6.35. The van der Waals surface area contributed by atoms with Crippen molar-refractivity contribution in [2.24, 2.45) is 0 Å². The van der Waals surface area contributed by atoms with E-state index in [4.69, 9.17) is 23.2 Å². The van der Waals surface area contributed by atoms with Crippen molar-refractivity contribution in [1.29, 1.82) is 0 Å². The predicted octanol–water partition coefficient (Wildman–Crippen LogP) is 3.46. The second-order valence-electron chi connectivity index (χ2n) is 6.43. The van der Waals surface area contributed by atoms with Gasteiger partial charge in [-0.05, 0) is 24.3 Å². The summed E-state index contributed by atoms with van der Waals surface area (Å²) < 4.78 is 13.0. The van der Waals surface area contributed by atoms with Crippen LogP contribution in [-0.2, 0) is 6.54 Å². The van der Waals surface area contributed by atoms with Crippen molar-refractivity contribution in [2.45, 2.75) is 13.0 Å². The molecule has 26 heavy (non-hydrogen) atoms. The van der Waals surface area contributed by atoms with Gasteiger partial charge in [-0.1, -0.05) is 41.4 Å². The lowest BCUT2D eigenvalue weighted by Gasteiger charge is -2.21. The zero-order chi connectivity index (χ0) is 18.5. The third kappa shape index (κ3) is 4.87. The lowest BCUT2D eigenvalue weighted by molar-refractivity contribution is -0.911. The Morgan fingerprint density at radius 2 is 1.88 bits per heavy atom. The molecule has 0 radical (unpaired) electrons. The largest absolute Gasteiger partial charge is 0.330 e. The molecular formula is C19H21Cl2FN3O+. The van der Waals surface area contributed by atoms with E-state index < -0.39 is 0 Å². The highest BCUT2D eigenvalue weighted by atomic mass is 35.5. The van der Waals surface area contributed by atoms with Crippen LogP contribution in [0.5, 0.6) is 0 Å². The normalized spacial score (nSPS) is 17.7. The number of hydrogen-bond acceptors (Lipinski definition) is 1. The molecule has 0 saturated carbocycles. The van der Waals surface area contributed by atoms with Crippen LogP contribution in [-0.4, -0.2) is 37.1 Å². The number of rotatable bonds is 3. The summed E-state index contributed by atoms with van der Waals surface area (Å²) in [5.74, 6) is -0.220. The lowest BCUT2D eigenvalue weighted by Crippen LogP contribution is -3.11. The summed E-state index contributed by atoms with van der Waals surface area (Å²) >= 11 is 12.1. The Morgan fingerprint density at radius 1 is 1.12 bits per heavy atom. The summed E-state index contributed by atoms with van der Waals surface area (Å²) in [5, 5.41) is 3.60. The van der Waals surface area contributed by atoms with Gasteiger partial charge in [0.1, 0.15) is 12.4 Å². The van der Waals surface area contributed by atoms with Crippen molar-refractivity contribution < 1.29 is 14.1 Å². The van der Waals surface area contributed by atoms with Crippen LogP contribution in [0.15, 0.2) is 42.5 Å². The van der Waals surface area contributed by atoms with Crippen LogP contribution < -0.4 is 10.2 Å². The van der Waals surface area contributed by atoms with Crippen LogP contribution in [0.4, 0.5) is 14.9 Å². The number of benzene rings is 2. The second kappa shape index (κ2) is 8.71. The number of amides is 2. The van der Waals surface area contributed by atoms with Crippen molar-refractivity contribution in [3.63, 3.8) is 0 Å². The van der Waals surface area contributed by atoms with Gasteiger partial charge >= 0.3 is 6.03 Å². The van der Waals surface area contributed by atoms with Gasteiger partial charge in [-0.2, -0.15) is 0 Å². The highest BCUT2D eigenvalue weighted by Crippen LogP contribution is 2.29. The summed E-state index contributed by atoms with van der Waals surface area (Å²) in [7, 11) is 0. The number of halogens is 3. The topological polar surface area (TPSA) is 36.8 Å². The van der Waals surface area contributed by atoms with E-state index in [0.717, 1.165) is 31.6 Å². The third-order valence-corrected chi connectivity index (χ3v) is 5.36. The number of nitrogens with zero attached hydrogens (tertiary/aromatic N) is 1. The van der Waals surface area contributed by atoms with E-state index >= 15 is 0 Å². The van der Waals surface area contributed by atoms with Crippen LogP contribution in [0, 0.1) is 5.82 Å². The SMILES string of the molecule is O=C(Nc1cccc(Cl)c1Cl)N1CCC[NH+](Cc2ccc(F)cc2)CC1. The summed E-state index contributed by atoms with van der Waals surface area (Å²) in [6.07, 6.45) is 0.910. The molecule has 2 aromatic carbocycles. The molecule has 1 unspecified atom stereocenters. The fourth-order valence-corrected chi connectivity index (χ4v) is 3.46. The maximum Gasteiger partial charge on any atom is 0.322 e. The fraction of sp³-hybridized carbons (Fsp3) is 0.316. The lowest BCUT2D eigenvalue weighted by atomic mass is 10.2. The first kappa shape index (κ1) is 19.0. The molecule has 2 amide bonds. The fourth-order valence-electron chi connectivity index (χ4n) is 3.12. The average molecular weight is 397 g/mol. The predicted molar refractivity (Wildman–Crippen MR) is 102 cm³/mol. The first-order valence-electron chi connectivity index (χ1n) is 8.61. The minimum absolute atomic E-state index is 0.169. The van der Waals surface area contributed by atoms with Gasteiger partial charge in [-0.3, -0.25) is 0 Å². The molecule has 1 aliphatic rings. The van der Waals surface area contributed by atoms with Crippen LogP contribution >= 0.6 is 23.2 Å². The van der Waals surface area contributed by atoms with Crippen molar-refractivity contribution >= 4 is 34.9 Å². The highest BCUT2D eigenvalue weighted by Gasteiger charge is 2.22. The maximum absolute atomic E-state index is 13.0. The first-order valence-corrected chi connectivity index (χ1v) is 9.36. The smallest absolute Gasteiger partial charge is 0.322 e. The number of hydrogen-bond donors (Lipinski definition) is 2. The molecule has 138 valence electrons. The molecule has 0 bridgehead atoms. The molecule has 1 fully saturated rings. The van der Waals surface area contributed by atoms with E-state index in [1.54, 1.807) is 23.1 Å². The van der Waals surface area contributed by atoms with Crippen LogP contribution in [0.25, 0.3) is 0 Å². The van der Waals surface area contributed by atoms with Gasteiger partial charge < -0.3 is 15.1 Å². The van der Waals surface area contributed by atoms with Gasteiger partial charge in [0, 0.05) is 18.5 Å². The van der Waals surface area contributed by atoms with E-state index in [-0.39, 0.29) is 11.8 Å².